The SMILES string of the molecule is COc1ccc(NC(=O)N2CCS[C@@]23C(=O)N(Cc2cccc(F)c2)c2ccccc23)cc1. The first-order valence-electron chi connectivity index (χ1n) is 10.6. The van der Waals surface area contributed by atoms with E-state index >= 15 is 0 Å². The Hall–Kier alpha value is -3.52. The summed E-state index contributed by atoms with van der Waals surface area (Å²) < 4.78 is 18.9. The fraction of sp³-hybridized carbons (Fsp3) is 0.200. The molecule has 3 aromatic carbocycles. The van der Waals surface area contributed by atoms with Gasteiger partial charge in [-0.05, 0) is 48.0 Å². The number of hydrogen-bond acceptors (Lipinski definition) is 4. The van der Waals surface area contributed by atoms with E-state index in [1.165, 1.54) is 23.9 Å². The van der Waals surface area contributed by atoms with Crippen molar-refractivity contribution in [2.24, 2.45) is 0 Å². The quantitative estimate of drug-likeness (QED) is 0.603. The Balaban J connectivity index is 1.48. The van der Waals surface area contributed by atoms with Gasteiger partial charge in [-0.25, -0.2) is 9.18 Å². The molecule has 0 aromatic heterocycles. The number of nitrogens with zero attached hydrogens (tertiary/aromatic N) is 2. The number of ether oxygens (including phenoxy) is 1. The molecule has 0 saturated carbocycles. The minimum Gasteiger partial charge on any atom is -0.497 e. The van der Waals surface area contributed by atoms with Gasteiger partial charge in [-0.2, -0.15) is 0 Å². The Bertz CT molecular complexity index is 1220. The molecule has 0 bridgehead atoms. The van der Waals surface area contributed by atoms with E-state index in [9.17, 15) is 14.0 Å². The first-order chi connectivity index (χ1) is 16.0. The van der Waals surface area contributed by atoms with Crippen LogP contribution in [0.2, 0.25) is 0 Å². The van der Waals surface area contributed by atoms with Crippen molar-refractivity contribution in [3.8, 4) is 5.75 Å². The molecule has 3 aromatic rings. The van der Waals surface area contributed by atoms with E-state index in [0.717, 1.165) is 11.3 Å². The Morgan fingerprint density at radius 1 is 1.12 bits per heavy atom. The largest absolute Gasteiger partial charge is 0.497 e. The zero-order valence-electron chi connectivity index (χ0n) is 18.0. The van der Waals surface area contributed by atoms with Crippen LogP contribution in [0, 0.1) is 5.82 Å². The number of carbonyl (C=O) groups is 2. The number of thioether (sulfide) groups is 1. The van der Waals surface area contributed by atoms with E-state index in [0.29, 0.717) is 29.3 Å². The standard InChI is InChI=1S/C25H22FN3O3S/c1-32-20-11-9-19(10-12-20)27-24(31)29-13-14-33-25(29)21-7-2-3-8-22(21)28(23(25)30)16-17-5-4-6-18(26)15-17/h2-12,15H,13-14,16H2,1H3,(H,27,31)/t25-/m0/s1. The van der Waals surface area contributed by atoms with Crippen LogP contribution in [0.15, 0.2) is 72.8 Å². The number of anilines is 2. The smallest absolute Gasteiger partial charge is 0.323 e. The number of amides is 3. The summed E-state index contributed by atoms with van der Waals surface area (Å²) in [6, 6.07) is 20.4. The number of urea groups is 1. The van der Waals surface area contributed by atoms with E-state index in [1.807, 2.05) is 24.3 Å². The first kappa shape index (κ1) is 21.3. The fourth-order valence-corrected chi connectivity index (χ4v) is 5.87. The molecule has 5 rings (SSSR count). The van der Waals surface area contributed by atoms with Crippen LogP contribution >= 0.6 is 11.8 Å². The summed E-state index contributed by atoms with van der Waals surface area (Å²) in [5, 5.41) is 2.91. The third-order valence-corrected chi connectivity index (χ3v) is 7.34. The van der Waals surface area contributed by atoms with E-state index in [1.54, 1.807) is 53.3 Å². The second-order valence-electron chi connectivity index (χ2n) is 7.84. The summed E-state index contributed by atoms with van der Waals surface area (Å²) in [5.41, 5.74) is 2.82. The van der Waals surface area contributed by atoms with Gasteiger partial charge in [0.1, 0.15) is 11.6 Å². The predicted molar refractivity (Wildman–Crippen MR) is 127 cm³/mol. The number of halogens is 1. The summed E-state index contributed by atoms with van der Waals surface area (Å²) in [5.74, 6) is 0.775. The minimum absolute atomic E-state index is 0.194. The number of para-hydroxylation sites is 1. The van der Waals surface area contributed by atoms with Crippen molar-refractivity contribution in [1.82, 2.24) is 4.90 Å². The summed E-state index contributed by atoms with van der Waals surface area (Å²) in [4.78, 5) is 29.3. The number of methoxy groups -OCH3 is 1. The van der Waals surface area contributed by atoms with Gasteiger partial charge in [-0.15, -0.1) is 11.8 Å². The van der Waals surface area contributed by atoms with Gasteiger partial charge in [0.05, 0.1) is 19.3 Å². The molecule has 2 aliphatic heterocycles. The van der Waals surface area contributed by atoms with Crippen LogP contribution in [0.3, 0.4) is 0 Å². The van der Waals surface area contributed by atoms with Crippen molar-refractivity contribution < 1.29 is 18.7 Å². The number of benzene rings is 3. The van der Waals surface area contributed by atoms with E-state index in [2.05, 4.69) is 5.32 Å². The van der Waals surface area contributed by atoms with Gasteiger partial charge in [0.15, 0.2) is 4.87 Å². The van der Waals surface area contributed by atoms with Gasteiger partial charge in [-0.3, -0.25) is 9.69 Å². The second kappa shape index (κ2) is 8.44. The van der Waals surface area contributed by atoms with Gasteiger partial charge in [0, 0.05) is 23.5 Å². The average molecular weight is 464 g/mol. The van der Waals surface area contributed by atoms with Crippen LogP contribution in [-0.4, -0.2) is 36.2 Å². The van der Waals surface area contributed by atoms with Crippen LogP contribution < -0.4 is 15.0 Å². The van der Waals surface area contributed by atoms with Crippen molar-refractivity contribution in [3.63, 3.8) is 0 Å². The Kier molecular flexibility index (Phi) is 5.46. The lowest BCUT2D eigenvalue weighted by atomic mass is 10.1. The van der Waals surface area contributed by atoms with E-state index in [-0.39, 0.29) is 24.3 Å². The molecule has 1 atom stereocenters. The molecular formula is C25H22FN3O3S. The summed E-state index contributed by atoms with van der Waals surface area (Å²) in [6.07, 6.45) is 0. The lowest BCUT2D eigenvalue weighted by molar-refractivity contribution is -0.123. The topological polar surface area (TPSA) is 61.9 Å². The van der Waals surface area contributed by atoms with Crippen molar-refractivity contribution >= 4 is 35.1 Å². The van der Waals surface area contributed by atoms with Gasteiger partial charge >= 0.3 is 6.03 Å². The molecule has 0 aliphatic carbocycles. The van der Waals surface area contributed by atoms with Crippen molar-refractivity contribution in [2.75, 3.05) is 29.6 Å². The highest BCUT2D eigenvalue weighted by Gasteiger charge is 2.59. The molecule has 168 valence electrons. The zero-order chi connectivity index (χ0) is 23.0. The number of carbonyl (C=O) groups excluding carboxylic acids is 2. The maximum atomic E-state index is 13.9. The maximum absolute atomic E-state index is 13.9. The van der Waals surface area contributed by atoms with Crippen molar-refractivity contribution in [2.45, 2.75) is 11.4 Å². The van der Waals surface area contributed by atoms with E-state index in [4.69, 9.17) is 4.74 Å². The van der Waals surface area contributed by atoms with Crippen LogP contribution in [-0.2, 0) is 16.2 Å². The number of fused-ring (bicyclic) bond motifs is 2. The lowest BCUT2D eigenvalue weighted by Crippen LogP contribution is -2.51. The van der Waals surface area contributed by atoms with Gasteiger partial charge in [0.2, 0.25) is 0 Å². The third-order valence-electron chi connectivity index (χ3n) is 5.92. The molecule has 1 fully saturated rings. The molecule has 33 heavy (non-hydrogen) atoms. The number of hydrogen-bond donors (Lipinski definition) is 1. The fourth-order valence-electron chi connectivity index (χ4n) is 4.41. The van der Waals surface area contributed by atoms with Crippen LogP contribution in [0.5, 0.6) is 5.75 Å². The molecule has 6 nitrogen and oxygen atoms in total. The zero-order valence-corrected chi connectivity index (χ0v) is 18.8. The number of nitrogens with one attached hydrogen (secondary N) is 1. The van der Waals surface area contributed by atoms with Crippen LogP contribution in [0.4, 0.5) is 20.6 Å². The van der Waals surface area contributed by atoms with Crippen molar-refractivity contribution in [3.05, 3.63) is 89.7 Å². The Labute approximate surface area is 195 Å². The summed E-state index contributed by atoms with van der Waals surface area (Å²) in [7, 11) is 1.58. The highest BCUT2D eigenvalue weighted by Crippen LogP contribution is 2.54. The van der Waals surface area contributed by atoms with Crippen LogP contribution in [0.25, 0.3) is 0 Å². The molecule has 1 spiro atoms. The highest BCUT2D eigenvalue weighted by molar-refractivity contribution is 8.01. The van der Waals surface area contributed by atoms with E-state index < -0.39 is 4.87 Å². The molecule has 2 heterocycles. The molecule has 0 unspecified atom stereocenters. The normalized spacial score (nSPS) is 19.2. The first-order valence-corrected chi connectivity index (χ1v) is 11.5. The van der Waals surface area contributed by atoms with Crippen molar-refractivity contribution in [1.29, 1.82) is 0 Å². The molecule has 8 heteroatoms. The molecule has 3 amide bonds. The molecule has 1 N–H and O–H groups in total. The Morgan fingerprint density at radius 2 is 1.91 bits per heavy atom. The summed E-state index contributed by atoms with van der Waals surface area (Å²) >= 11 is 1.45. The molecule has 1 saturated heterocycles. The van der Waals surface area contributed by atoms with Gasteiger partial charge < -0.3 is 15.0 Å². The second-order valence-corrected chi connectivity index (χ2v) is 9.13. The summed E-state index contributed by atoms with van der Waals surface area (Å²) in [6.45, 7) is 0.657. The van der Waals surface area contributed by atoms with Gasteiger partial charge in [-0.1, -0.05) is 30.3 Å². The maximum Gasteiger partial charge on any atom is 0.323 e. The minimum atomic E-state index is -1.15. The Morgan fingerprint density at radius 3 is 2.67 bits per heavy atom. The molecular weight excluding hydrogens is 441 g/mol. The molecule has 2 aliphatic rings. The molecule has 0 radical (unpaired) electrons. The lowest BCUT2D eigenvalue weighted by Gasteiger charge is -2.33. The predicted octanol–water partition coefficient (Wildman–Crippen LogP) is 4.81. The van der Waals surface area contributed by atoms with Crippen LogP contribution in [0.1, 0.15) is 11.1 Å². The monoisotopic (exact) mass is 463 g/mol. The van der Waals surface area contributed by atoms with Gasteiger partial charge in [0.25, 0.3) is 5.91 Å². The average Bonchev–Trinajstić information content (AvgIpc) is 3.37. The third kappa shape index (κ3) is 3.60. The highest BCUT2D eigenvalue weighted by atomic mass is 32.2. The number of rotatable bonds is 4.